The molecular weight excluding hydrogens is 530 g/mol. The molecule has 13 nitrogen and oxygen atoms in total. The van der Waals surface area contributed by atoms with E-state index in [0.717, 1.165) is 0 Å². The maximum atomic E-state index is 12.7. The van der Waals surface area contributed by atoms with Crippen molar-refractivity contribution in [3.8, 4) is 5.75 Å². The Hall–Kier alpha value is -3.68. The summed E-state index contributed by atoms with van der Waals surface area (Å²) in [5.74, 6) is -3.86. The van der Waals surface area contributed by atoms with Crippen LogP contribution in [0.25, 0.3) is 0 Å². The van der Waals surface area contributed by atoms with Crippen LogP contribution in [0.2, 0.25) is 0 Å². The molecule has 40 heavy (non-hydrogen) atoms. The smallest absolute Gasteiger partial charge is 0.341 e. The van der Waals surface area contributed by atoms with Crippen LogP contribution < -0.4 is 0 Å². The molecule has 3 rings (SSSR count). The lowest BCUT2D eigenvalue weighted by molar-refractivity contribution is -0.165. The van der Waals surface area contributed by atoms with E-state index in [1.807, 2.05) is 0 Å². The van der Waals surface area contributed by atoms with E-state index in [2.05, 4.69) is 0 Å². The second kappa shape index (κ2) is 15.2. The number of hydrogen-bond acceptors (Lipinski definition) is 12. The van der Waals surface area contributed by atoms with E-state index in [0.29, 0.717) is 12.8 Å². The molecule has 0 saturated heterocycles. The van der Waals surface area contributed by atoms with Gasteiger partial charge < -0.3 is 43.5 Å². The second-order valence-electron chi connectivity index (χ2n) is 9.26. The number of aliphatic hydroxyl groups is 1. The van der Waals surface area contributed by atoms with Gasteiger partial charge in [-0.2, -0.15) is 0 Å². The van der Waals surface area contributed by atoms with Gasteiger partial charge >= 0.3 is 17.9 Å². The zero-order valence-electron chi connectivity index (χ0n) is 22.5. The lowest BCUT2D eigenvalue weighted by Crippen LogP contribution is -2.40. The first-order valence-electron chi connectivity index (χ1n) is 12.9. The minimum atomic E-state index is -1.23. The van der Waals surface area contributed by atoms with Crippen molar-refractivity contribution in [2.45, 2.75) is 19.1 Å². The minimum absolute atomic E-state index is 0.00898. The van der Waals surface area contributed by atoms with Crippen molar-refractivity contribution in [1.82, 2.24) is 4.90 Å². The third-order valence-electron chi connectivity index (χ3n) is 6.78. The van der Waals surface area contributed by atoms with E-state index in [-0.39, 0.29) is 74.9 Å². The Morgan fingerprint density at radius 1 is 0.975 bits per heavy atom. The molecular formula is C27H35NO12. The predicted molar refractivity (Wildman–Crippen MR) is 136 cm³/mol. The van der Waals surface area contributed by atoms with Gasteiger partial charge in [-0.3, -0.25) is 9.59 Å². The first-order valence-corrected chi connectivity index (χ1v) is 12.9. The van der Waals surface area contributed by atoms with Crippen molar-refractivity contribution in [3.05, 3.63) is 41.7 Å². The first-order chi connectivity index (χ1) is 19.2. The molecule has 220 valence electrons. The average Bonchev–Trinajstić information content (AvgIpc) is 3.40. The first kappa shape index (κ1) is 30.9. The number of amides is 1. The highest BCUT2D eigenvalue weighted by molar-refractivity contribution is 5.92. The van der Waals surface area contributed by atoms with Gasteiger partial charge in [-0.05, 0) is 25.0 Å². The topological polar surface area (TPSA) is 167 Å². The number of fused-ring (bicyclic) bond motifs is 1. The average molecular weight is 566 g/mol. The van der Waals surface area contributed by atoms with Crippen LogP contribution in [0.4, 0.5) is 0 Å². The highest BCUT2D eigenvalue weighted by Gasteiger charge is 2.50. The summed E-state index contributed by atoms with van der Waals surface area (Å²) < 4.78 is 30.9. The number of carbonyl (C=O) groups excluding carboxylic acids is 4. The molecule has 1 fully saturated rings. The zero-order valence-corrected chi connectivity index (χ0v) is 22.5. The SMILES string of the molecule is COC(=O)C1=COC(O)C2C(C(=O)OCCN(C)C(=O)COCCOCCOC(=O)c3ccccc3O)CCC12. The number of aromatic hydroxyl groups is 1. The third-order valence-corrected chi connectivity index (χ3v) is 6.78. The van der Waals surface area contributed by atoms with Gasteiger partial charge in [0.2, 0.25) is 12.2 Å². The summed E-state index contributed by atoms with van der Waals surface area (Å²) in [4.78, 5) is 50.1. The molecule has 1 heterocycles. The molecule has 13 heteroatoms. The fourth-order valence-electron chi connectivity index (χ4n) is 4.62. The van der Waals surface area contributed by atoms with E-state index < -0.39 is 36.0 Å². The Labute approximate surface area is 231 Å². The molecule has 0 aromatic heterocycles. The maximum Gasteiger partial charge on any atom is 0.341 e. The molecule has 1 aliphatic heterocycles. The lowest BCUT2D eigenvalue weighted by Gasteiger charge is -2.32. The molecule has 1 amide bonds. The number of carbonyl (C=O) groups is 4. The fourth-order valence-corrected chi connectivity index (χ4v) is 4.62. The fraction of sp³-hybridized carbons (Fsp3) is 0.556. The Bertz CT molecular complexity index is 1070. The van der Waals surface area contributed by atoms with E-state index in [1.165, 1.54) is 30.4 Å². The summed E-state index contributed by atoms with van der Waals surface area (Å²) in [5.41, 5.74) is 0.358. The van der Waals surface area contributed by atoms with Crippen molar-refractivity contribution in [3.63, 3.8) is 0 Å². The quantitative estimate of drug-likeness (QED) is 0.184. The normalized spacial score (nSPS) is 21.4. The number of phenols is 1. The number of benzene rings is 1. The second-order valence-corrected chi connectivity index (χ2v) is 9.26. The van der Waals surface area contributed by atoms with Crippen molar-refractivity contribution in [2.75, 3.05) is 60.3 Å². The van der Waals surface area contributed by atoms with Crippen LogP contribution in [-0.2, 0) is 42.8 Å². The highest BCUT2D eigenvalue weighted by Crippen LogP contribution is 2.46. The Balaban J connectivity index is 1.25. The molecule has 1 saturated carbocycles. The van der Waals surface area contributed by atoms with Crippen molar-refractivity contribution in [1.29, 1.82) is 0 Å². The van der Waals surface area contributed by atoms with Crippen molar-refractivity contribution >= 4 is 23.8 Å². The summed E-state index contributed by atoms with van der Waals surface area (Å²) >= 11 is 0. The predicted octanol–water partition coefficient (Wildman–Crippen LogP) is 0.632. The zero-order chi connectivity index (χ0) is 29.1. The van der Waals surface area contributed by atoms with Crippen LogP contribution in [0, 0.1) is 17.8 Å². The number of para-hydroxylation sites is 1. The maximum absolute atomic E-state index is 12.7. The summed E-state index contributed by atoms with van der Waals surface area (Å²) in [6, 6.07) is 6.05. The number of phenolic OH excluding ortho intramolecular Hbond substituents is 1. The van der Waals surface area contributed by atoms with Crippen LogP contribution in [0.15, 0.2) is 36.1 Å². The summed E-state index contributed by atoms with van der Waals surface area (Å²) in [6.45, 7) is 0.315. The van der Waals surface area contributed by atoms with Gasteiger partial charge in [0.25, 0.3) is 0 Å². The van der Waals surface area contributed by atoms with Crippen LogP contribution in [0.3, 0.4) is 0 Å². The highest BCUT2D eigenvalue weighted by atomic mass is 16.6. The van der Waals surface area contributed by atoms with E-state index in [9.17, 15) is 29.4 Å². The standard InChI is InChI=1S/C27H35NO12/c1-28(22(30)16-37-12-11-36-13-14-39-25(32)18-5-3-4-6-21(18)29)9-10-38-26(33)19-8-7-17-20(24(31)35-2)15-40-27(34)23(17)19/h3-6,15,17,19,23,27,29,34H,7-14,16H2,1-2H3. The molecule has 1 aliphatic carbocycles. The number of methoxy groups -OCH3 is 1. The number of rotatable bonds is 14. The number of nitrogens with zero attached hydrogens (tertiary/aromatic N) is 1. The van der Waals surface area contributed by atoms with Gasteiger partial charge in [0, 0.05) is 18.9 Å². The molecule has 1 aromatic rings. The number of esters is 3. The summed E-state index contributed by atoms with van der Waals surface area (Å²) in [7, 11) is 2.80. The van der Waals surface area contributed by atoms with Crippen molar-refractivity contribution < 1.29 is 57.8 Å². The van der Waals surface area contributed by atoms with E-state index in [1.54, 1.807) is 19.2 Å². The summed E-state index contributed by atoms with van der Waals surface area (Å²) in [5, 5.41) is 19.9. The number of aliphatic hydroxyl groups excluding tert-OH is 1. The Kier molecular flexibility index (Phi) is 11.7. The Morgan fingerprint density at radius 2 is 1.70 bits per heavy atom. The lowest BCUT2D eigenvalue weighted by atomic mass is 9.83. The monoisotopic (exact) mass is 565 g/mol. The largest absolute Gasteiger partial charge is 0.507 e. The van der Waals surface area contributed by atoms with E-state index >= 15 is 0 Å². The molecule has 1 aromatic carbocycles. The van der Waals surface area contributed by atoms with Crippen LogP contribution in [0.1, 0.15) is 23.2 Å². The molecule has 0 radical (unpaired) electrons. The van der Waals surface area contributed by atoms with E-state index in [4.69, 9.17) is 28.4 Å². The van der Waals surface area contributed by atoms with Crippen LogP contribution in [-0.4, -0.2) is 106 Å². The van der Waals surface area contributed by atoms with Gasteiger partial charge in [0.1, 0.15) is 31.1 Å². The molecule has 2 aliphatic rings. The van der Waals surface area contributed by atoms with Crippen LogP contribution in [0.5, 0.6) is 5.75 Å². The van der Waals surface area contributed by atoms with Gasteiger partial charge in [0.05, 0.1) is 51.2 Å². The van der Waals surface area contributed by atoms with Crippen molar-refractivity contribution in [2.24, 2.45) is 17.8 Å². The molecule has 0 spiro atoms. The molecule has 4 unspecified atom stereocenters. The molecule has 0 bridgehead atoms. The number of likely N-dealkylation sites (N-methyl/N-ethyl adjacent to an activating group) is 1. The Morgan fingerprint density at radius 3 is 2.45 bits per heavy atom. The minimum Gasteiger partial charge on any atom is -0.507 e. The third kappa shape index (κ3) is 8.16. The molecule has 2 N–H and O–H groups in total. The number of hydrogen-bond donors (Lipinski definition) is 2. The molecule has 4 atom stereocenters. The van der Waals surface area contributed by atoms with Gasteiger partial charge in [0.15, 0.2) is 0 Å². The summed E-state index contributed by atoms with van der Waals surface area (Å²) in [6.07, 6.45) is 0.890. The van der Waals surface area contributed by atoms with Gasteiger partial charge in [-0.25, -0.2) is 9.59 Å². The van der Waals surface area contributed by atoms with Crippen LogP contribution >= 0.6 is 0 Å². The van der Waals surface area contributed by atoms with Gasteiger partial charge in [-0.1, -0.05) is 12.1 Å². The number of ether oxygens (including phenoxy) is 6. The van der Waals surface area contributed by atoms with Gasteiger partial charge in [-0.15, -0.1) is 0 Å².